The molecule has 4 nitrogen and oxygen atoms in total. The fraction of sp³-hybridized carbons (Fsp3) is 0.500. The van der Waals surface area contributed by atoms with E-state index >= 15 is 0 Å². The van der Waals surface area contributed by atoms with Crippen molar-refractivity contribution in [2.24, 2.45) is 0 Å². The van der Waals surface area contributed by atoms with Gasteiger partial charge < -0.3 is 15.4 Å². The van der Waals surface area contributed by atoms with Gasteiger partial charge in [0.05, 0.1) is 18.1 Å². The first-order chi connectivity index (χ1) is 9.60. The maximum absolute atomic E-state index is 11.2. The van der Waals surface area contributed by atoms with E-state index in [1.807, 2.05) is 6.07 Å². The Labute approximate surface area is 128 Å². The van der Waals surface area contributed by atoms with Crippen molar-refractivity contribution in [3.8, 4) is 5.75 Å². The van der Waals surface area contributed by atoms with Crippen LogP contribution in [-0.4, -0.2) is 25.6 Å². The quantitative estimate of drug-likeness (QED) is 0.813. The molecule has 1 aliphatic rings. The van der Waals surface area contributed by atoms with E-state index in [1.54, 1.807) is 13.1 Å². The van der Waals surface area contributed by atoms with E-state index in [9.17, 15) is 4.79 Å². The minimum Gasteiger partial charge on any atom is -0.491 e. The lowest BCUT2D eigenvalue weighted by molar-refractivity contribution is -0.121. The van der Waals surface area contributed by atoms with Crippen LogP contribution in [0.25, 0.3) is 0 Å². The van der Waals surface area contributed by atoms with E-state index in [0.29, 0.717) is 34.8 Å². The maximum atomic E-state index is 11.2. The number of halogens is 2. The van der Waals surface area contributed by atoms with Crippen LogP contribution in [0.2, 0.25) is 10.0 Å². The second-order valence-electron chi connectivity index (χ2n) is 4.80. The molecule has 1 aromatic carbocycles. The van der Waals surface area contributed by atoms with E-state index in [-0.39, 0.29) is 12.5 Å². The highest BCUT2D eigenvalue weighted by Crippen LogP contribution is 2.33. The normalized spacial score (nSPS) is 14.2. The van der Waals surface area contributed by atoms with E-state index in [4.69, 9.17) is 27.9 Å². The maximum Gasteiger partial charge on any atom is 0.223 e. The average Bonchev–Trinajstić information content (AvgIpc) is 3.22. The minimum absolute atomic E-state index is 0.0623. The molecule has 6 heteroatoms. The van der Waals surface area contributed by atoms with Crippen LogP contribution in [0, 0.1) is 0 Å². The van der Waals surface area contributed by atoms with Crippen LogP contribution >= 0.6 is 23.2 Å². The SMILES string of the molecule is CNC(=O)CCOc1c(Cl)cc(Cl)cc1CNC1CC1. The Morgan fingerprint density at radius 3 is 2.80 bits per heavy atom. The lowest BCUT2D eigenvalue weighted by atomic mass is 10.2. The zero-order chi connectivity index (χ0) is 14.5. The first kappa shape index (κ1) is 15.4. The smallest absolute Gasteiger partial charge is 0.223 e. The van der Waals surface area contributed by atoms with Crippen molar-refractivity contribution in [2.45, 2.75) is 31.8 Å². The van der Waals surface area contributed by atoms with Crippen LogP contribution < -0.4 is 15.4 Å². The molecule has 110 valence electrons. The molecular formula is C14H18Cl2N2O2. The molecule has 0 unspecified atom stereocenters. The summed E-state index contributed by atoms with van der Waals surface area (Å²) >= 11 is 12.2. The molecule has 1 saturated carbocycles. The predicted molar refractivity (Wildman–Crippen MR) is 80.5 cm³/mol. The first-order valence-corrected chi connectivity index (χ1v) is 7.40. The van der Waals surface area contributed by atoms with Gasteiger partial charge in [-0.15, -0.1) is 0 Å². The number of benzene rings is 1. The highest BCUT2D eigenvalue weighted by atomic mass is 35.5. The standard InChI is InChI=1S/C14H18Cl2N2O2/c1-17-13(19)4-5-20-14-9(8-18-11-2-3-11)6-10(15)7-12(14)16/h6-7,11,18H,2-5,8H2,1H3,(H,17,19). The Hall–Kier alpha value is -0.970. The molecule has 0 heterocycles. The minimum atomic E-state index is -0.0623. The molecule has 0 bridgehead atoms. The van der Waals surface area contributed by atoms with Crippen LogP contribution in [0.15, 0.2) is 12.1 Å². The molecule has 0 atom stereocenters. The highest BCUT2D eigenvalue weighted by Gasteiger charge is 2.21. The van der Waals surface area contributed by atoms with Crippen molar-refractivity contribution in [3.05, 3.63) is 27.7 Å². The molecule has 2 N–H and O–H groups in total. The van der Waals surface area contributed by atoms with Crippen LogP contribution in [0.5, 0.6) is 5.75 Å². The Bertz CT molecular complexity index is 490. The van der Waals surface area contributed by atoms with Crippen molar-refractivity contribution >= 4 is 29.1 Å². The number of amides is 1. The second-order valence-corrected chi connectivity index (χ2v) is 5.65. The van der Waals surface area contributed by atoms with Gasteiger partial charge in [-0.3, -0.25) is 4.79 Å². The number of ether oxygens (including phenoxy) is 1. The van der Waals surface area contributed by atoms with Crippen LogP contribution in [-0.2, 0) is 11.3 Å². The monoisotopic (exact) mass is 316 g/mol. The fourth-order valence-corrected chi connectivity index (χ4v) is 2.41. The number of carbonyl (C=O) groups is 1. The van der Waals surface area contributed by atoms with Crippen LogP contribution in [0.4, 0.5) is 0 Å². The van der Waals surface area contributed by atoms with Crippen LogP contribution in [0.1, 0.15) is 24.8 Å². The first-order valence-electron chi connectivity index (χ1n) is 6.65. The Morgan fingerprint density at radius 1 is 1.40 bits per heavy atom. The second kappa shape index (κ2) is 7.16. The number of carbonyl (C=O) groups excluding carboxylic acids is 1. The van der Waals surface area contributed by atoms with Crippen molar-refractivity contribution in [1.29, 1.82) is 0 Å². The number of hydrogen-bond acceptors (Lipinski definition) is 3. The van der Waals surface area contributed by atoms with Gasteiger partial charge >= 0.3 is 0 Å². The van der Waals surface area contributed by atoms with Gasteiger partial charge in [0.25, 0.3) is 0 Å². The zero-order valence-electron chi connectivity index (χ0n) is 11.3. The zero-order valence-corrected chi connectivity index (χ0v) is 12.9. The lowest BCUT2D eigenvalue weighted by Gasteiger charge is -2.14. The molecular weight excluding hydrogens is 299 g/mol. The molecule has 0 radical (unpaired) electrons. The molecule has 0 spiro atoms. The summed E-state index contributed by atoms with van der Waals surface area (Å²) in [4.78, 5) is 11.2. The molecule has 2 rings (SSSR count). The summed E-state index contributed by atoms with van der Waals surface area (Å²) in [6.45, 7) is 0.956. The molecule has 1 aliphatic carbocycles. The molecule has 1 fully saturated rings. The third-order valence-corrected chi connectivity index (χ3v) is 3.60. The van der Waals surface area contributed by atoms with Crippen molar-refractivity contribution in [3.63, 3.8) is 0 Å². The van der Waals surface area contributed by atoms with E-state index in [2.05, 4.69) is 10.6 Å². The van der Waals surface area contributed by atoms with E-state index in [0.717, 1.165) is 5.56 Å². The van der Waals surface area contributed by atoms with Crippen molar-refractivity contribution < 1.29 is 9.53 Å². The average molecular weight is 317 g/mol. The number of rotatable bonds is 7. The van der Waals surface area contributed by atoms with Gasteiger partial charge in [0.2, 0.25) is 5.91 Å². The fourth-order valence-electron chi connectivity index (χ4n) is 1.82. The Morgan fingerprint density at radius 2 is 2.15 bits per heavy atom. The number of nitrogens with one attached hydrogen (secondary N) is 2. The predicted octanol–water partition coefficient (Wildman–Crippen LogP) is 2.76. The topological polar surface area (TPSA) is 50.4 Å². The Kier molecular flexibility index (Phi) is 5.52. The van der Waals surface area contributed by atoms with E-state index < -0.39 is 0 Å². The summed E-state index contributed by atoms with van der Waals surface area (Å²) in [5.41, 5.74) is 0.923. The largest absolute Gasteiger partial charge is 0.491 e. The summed E-state index contributed by atoms with van der Waals surface area (Å²) < 4.78 is 5.66. The summed E-state index contributed by atoms with van der Waals surface area (Å²) in [7, 11) is 1.60. The van der Waals surface area contributed by atoms with Gasteiger partial charge in [-0.1, -0.05) is 23.2 Å². The molecule has 1 aromatic rings. The van der Waals surface area contributed by atoms with Gasteiger partial charge in [-0.05, 0) is 25.0 Å². The summed E-state index contributed by atoms with van der Waals surface area (Å²) in [5, 5.41) is 7.01. The van der Waals surface area contributed by atoms with Crippen molar-refractivity contribution in [1.82, 2.24) is 10.6 Å². The molecule has 20 heavy (non-hydrogen) atoms. The highest BCUT2D eigenvalue weighted by molar-refractivity contribution is 6.35. The van der Waals surface area contributed by atoms with Gasteiger partial charge in [-0.25, -0.2) is 0 Å². The Balaban J connectivity index is 2.01. The number of hydrogen-bond donors (Lipinski definition) is 2. The third kappa shape index (κ3) is 4.54. The van der Waals surface area contributed by atoms with Gasteiger partial charge in [0.15, 0.2) is 0 Å². The summed E-state index contributed by atoms with van der Waals surface area (Å²) in [6, 6.07) is 4.09. The molecule has 0 aromatic heterocycles. The third-order valence-electron chi connectivity index (χ3n) is 3.10. The summed E-state index contributed by atoms with van der Waals surface area (Å²) in [6.07, 6.45) is 2.72. The molecule has 0 aliphatic heterocycles. The van der Waals surface area contributed by atoms with Crippen LogP contribution in [0.3, 0.4) is 0 Å². The molecule has 1 amide bonds. The molecule has 0 saturated heterocycles. The van der Waals surface area contributed by atoms with Crippen molar-refractivity contribution in [2.75, 3.05) is 13.7 Å². The lowest BCUT2D eigenvalue weighted by Crippen LogP contribution is -2.21. The van der Waals surface area contributed by atoms with Gasteiger partial charge in [0, 0.05) is 30.2 Å². The summed E-state index contributed by atoms with van der Waals surface area (Å²) in [5.74, 6) is 0.542. The van der Waals surface area contributed by atoms with Gasteiger partial charge in [0.1, 0.15) is 5.75 Å². The van der Waals surface area contributed by atoms with E-state index in [1.165, 1.54) is 12.8 Å². The van der Waals surface area contributed by atoms with Gasteiger partial charge in [-0.2, -0.15) is 0 Å².